The lowest BCUT2D eigenvalue weighted by Gasteiger charge is -2.21. The van der Waals surface area contributed by atoms with E-state index in [4.69, 9.17) is 9.84 Å². The molecule has 8 heteroatoms. The molecule has 1 aliphatic rings. The van der Waals surface area contributed by atoms with Crippen molar-refractivity contribution < 1.29 is 19.6 Å². The molecule has 0 aromatic carbocycles. The molecular weight excluding hydrogens is 230 g/mol. The molecule has 2 rings (SSSR count). The Balaban J connectivity index is 2.32. The monoisotopic (exact) mass is 241 g/mol. The van der Waals surface area contributed by atoms with Gasteiger partial charge in [0.2, 0.25) is 5.69 Å². The van der Waals surface area contributed by atoms with Crippen LogP contribution in [0.25, 0.3) is 0 Å². The van der Waals surface area contributed by atoms with Gasteiger partial charge < -0.3 is 9.84 Å². The average Bonchev–Trinajstić information content (AvgIpc) is 2.75. The Morgan fingerprint density at radius 3 is 2.94 bits per heavy atom. The summed E-state index contributed by atoms with van der Waals surface area (Å²) in [6.45, 7) is 1.06. The minimum Gasteiger partial charge on any atom is -0.476 e. The first-order valence-corrected chi connectivity index (χ1v) is 5.14. The van der Waals surface area contributed by atoms with Gasteiger partial charge in [-0.05, 0) is 12.8 Å². The van der Waals surface area contributed by atoms with Crippen LogP contribution in [0.3, 0.4) is 0 Å². The number of hydrogen-bond donors (Lipinski definition) is 1. The topological polar surface area (TPSA) is 107 Å². The van der Waals surface area contributed by atoms with Crippen molar-refractivity contribution in [3.8, 4) is 0 Å². The summed E-state index contributed by atoms with van der Waals surface area (Å²) in [6.07, 6.45) is 2.77. The molecule has 1 aliphatic heterocycles. The summed E-state index contributed by atoms with van der Waals surface area (Å²) in [5.41, 5.74) is -1.01. The van der Waals surface area contributed by atoms with Gasteiger partial charge in [-0.3, -0.25) is 14.8 Å². The summed E-state index contributed by atoms with van der Waals surface area (Å²) >= 11 is 0. The lowest BCUT2D eigenvalue weighted by molar-refractivity contribution is -0.385. The van der Waals surface area contributed by atoms with Gasteiger partial charge in [0.15, 0.2) is 0 Å². The van der Waals surface area contributed by atoms with Crippen LogP contribution in [0.2, 0.25) is 0 Å². The van der Waals surface area contributed by atoms with E-state index in [1.165, 1.54) is 4.68 Å². The summed E-state index contributed by atoms with van der Waals surface area (Å²) in [4.78, 5) is 20.8. The van der Waals surface area contributed by atoms with Crippen LogP contribution in [0.5, 0.6) is 0 Å². The number of carboxylic acid groups (broad SMARTS) is 1. The maximum Gasteiger partial charge on any atom is 0.363 e. The number of rotatable bonds is 3. The number of carboxylic acids is 1. The zero-order valence-electron chi connectivity index (χ0n) is 8.90. The highest BCUT2D eigenvalue weighted by molar-refractivity contribution is 5.89. The van der Waals surface area contributed by atoms with Crippen LogP contribution >= 0.6 is 0 Å². The van der Waals surface area contributed by atoms with Crippen LogP contribution in [-0.4, -0.2) is 39.0 Å². The minimum absolute atomic E-state index is 0.129. The first-order valence-electron chi connectivity index (χ1n) is 5.14. The molecule has 1 fully saturated rings. The Bertz CT molecular complexity index is 418. The third-order valence-corrected chi connectivity index (χ3v) is 2.62. The molecular formula is C9H11N3O5. The summed E-state index contributed by atoms with van der Waals surface area (Å²) in [7, 11) is 0. The second-order valence-corrected chi connectivity index (χ2v) is 3.78. The zero-order valence-corrected chi connectivity index (χ0v) is 8.90. The van der Waals surface area contributed by atoms with E-state index in [2.05, 4.69) is 5.10 Å². The minimum atomic E-state index is -1.40. The van der Waals surface area contributed by atoms with Crippen molar-refractivity contribution in [2.75, 3.05) is 13.2 Å². The Labute approximate surface area is 95.9 Å². The third-order valence-electron chi connectivity index (χ3n) is 2.62. The second kappa shape index (κ2) is 4.50. The fraction of sp³-hybridized carbons (Fsp3) is 0.556. The normalized spacial score (nSPS) is 20.1. The van der Waals surface area contributed by atoms with Gasteiger partial charge >= 0.3 is 11.7 Å². The predicted molar refractivity (Wildman–Crippen MR) is 54.9 cm³/mol. The first-order chi connectivity index (χ1) is 8.09. The second-order valence-electron chi connectivity index (χ2n) is 3.78. The molecule has 1 aromatic rings. The van der Waals surface area contributed by atoms with Crippen molar-refractivity contribution in [3.05, 3.63) is 22.0 Å². The fourth-order valence-corrected chi connectivity index (χ4v) is 1.79. The number of nitrogens with zero attached hydrogens (tertiary/aromatic N) is 3. The molecule has 92 valence electrons. The van der Waals surface area contributed by atoms with E-state index in [0.717, 1.165) is 19.0 Å². The third kappa shape index (κ3) is 2.26. The molecule has 0 radical (unpaired) electrons. The molecule has 1 atom stereocenters. The molecule has 0 bridgehead atoms. The summed E-state index contributed by atoms with van der Waals surface area (Å²) in [6, 6.07) is -0.129. The highest BCUT2D eigenvalue weighted by atomic mass is 16.6. The average molecular weight is 241 g/mol. The molecule has 0 saturated carbocycles. The number of ether oxygens (including phenoxy) is 1. The van der Waals surface area contributed by atoms with Gasteiger partial charge in [0.25, 0.3) is 0 Å². The predicted octanol–water partition coefficient (Wildman–Crippen LogP) is 0.841. The van der Waals surface area contributed by atoms with Crippen LogP contribution in [0.4, 0.5) is 5.69 Å². The zero-order chi connectivity index (χ0) is 12.4. The Kier molecular flexibility index (Phi) is 3.05. The Hall–Kier alpha value is -1.96. The molecule has 0 amide bonds. The highest BCUT2D eigenvalue weighted by Crippen LogP contribution is 2.24. The molecule has 17 heavy (non-hydrogen) atoms. The van der Waals surface area contributed by atoms with Gasteiger partial charge in [-0.15, -0.1) is 0 Å². The van der Waals surface area contributed by atoms with Gasteiger partial charge in [0.05, 0.1) is 17.6 Å². The van der Waals surface area contributed by atoms with Gasteiger partial charge in [-0.1, -0.05) is 0 Å². The highest BCUT2D eigenvalue weighted by Gasteiger charge is 2.28. The van der Waals surface area contributed by atoms with Crippen LogP contribution in [0.15, 0.2) is 6.20 Å². The number of aromatic carboxylic acids is 1. The van der Waals surface area contributed by atoms with Gasteiger partial charge in [0.1, 0.15) is 6.20 Å². The summed E-state index contributed by atoms with van der Waals surface area (Å²) in [5.74, 6) is -1.40. The summed E-state index contributed by atoms with van der Waals surface area (Å²) < 4.78 is 6.55. The number of hydrogen-bond acceptors (Lipinski definition) is 5. The Morgan fingerprint density at radius 1 is 1.71 bits per heavy atom. The van der Waals surface area contributed by atoms with Crippen molar-refractivity contribution in [2.24, 2.45) is 0 Å². The van der Waals surface area contributed by atoms with Crippen molar-refractivity contribution in [3.63, 3.8) is 0 Å². The van der Waals surface area contributed by atoms with E-state index >= 15 is 0 Å². The molecule has 1 N–H and O–H groups in total. The largest absolute Gasteiger partial charge is 0.476 e. The van der Waals surface area contributed by atoms with Crippen LogP contribution in [0.1, 0.15) is 29.4 Å². The van der Waals surface area contributed by atoms with Crippen LogP contribution < -0.4 is 0 Å². The molecule has 0 aliphatic carbocycles. The molecule has 1 saturated heterocycles. The van der Waals surface area contributed by atoms with Crippen molar-refractivity contribution in [1.82, 2.24) is 9.78 Å². The lowest BCUT2D eigenvalue weighted by atomic mass is 10.1. The number of carbonyl (C=O) groups is 1. The van der Waals surface area contributed by atoms with Crippen molar-refractivity contribution in [1.29, 1.82) is 0 Å². The molecule has 0 spiro atoms. The molecule has 2 heterocycles. The summed E-state index contributed by atoms with van der Waals surface area (Å²) in [5, 5.41) is 23.2. The van der Waals surface area contributed by atoms with E-state index in [-0.39, 0.29) is 6.04 Å². The SMILES string of the molecule is O=C(O)c1nn(C2CCCOC2)cc1[N+](=O)[O-]. The van der Waals surface area contributed by atoms with Gasteiger partial charge in [0, 0.05) is 6.61 Å². The lowest BCUT2D eigenvalue weighted by Crippen LogP contribution is -2.21. The van der Waals surface area contributed by atoms with E-state index < -0.39 is 22.3 Å². The van der Waals surface area contributed by atoms with E-state index in [9.17, 15) is 14.9 Å². The van der Waals surface area contributed by atoms with E-state index in [1.54, 1.807) is 0 Å². The smallest absolute Gasteiger partial charge is 0.363 e. The number of nitro groups is 1. The van der Waals surface area contributed by atoms with E-state index in [1.807, 2.05) is 0 Å². The van der Waals surface area contributed by atoms with Crippen molar-refractivity contribution >= 4 is 11.7 Å². The molecule has 1 aromatic heterocycles. The first kappa shape index (κ1) is 11.5. The molecule has 1 unspecified atom stereocenters. The standard InChI is InChI=1S/C9H11N3O5/c13-9(14)8-7(12(15)16)4-11(10-8)6-2-1-3-17-5-6/h4,6H,1-3,5H2,(H,13,14). The maximum absolute atomic E-state index is 10.8. The Morgan fingerprint density at radius 2 is 2.47 bits per heavy atom. The van der Waals surface area contributed by atoms with Crippen LogP contribution in [0, 0.1) is 10.1 Å². The van der Waals surface area contributed by atoms with E-state index in [0.29, 0.717) is 13.2 Å². The maximum atomic E-state index is 10.8. The fourth-order valence-electron chi connectivity index (χ4n) is 1.79. The van der Waals surface area contributed by atoms with Gasteiger partial charge in [-0.2, -0.15) is 5.10 Å². The van der Waals surface area contributed by atoms with Crippen LogP contribution in [-0.2, 0) is 4.74 Å². The van der Waals surface area contributed by atoms with Gasteiger partial charge in [-0.25, -0.2) is 4.79 Å². The molecule has 8 nitrogen and oxygen atoms in total. The quantitative estimate of drug-likeness (QED) is 0.620. The number of aromatic nitrogens is 2. The van der Waals surface area contributed by atoms with Crippen molar-refractivity contribution in [2.45, 2.75) is 18.9 Å².